The van der Waals surface area contributed by atoms with Gasteiger partial charge >= 0.3 is 6.18 Å². The first kappa shape index (κ1) is 15.3. The molecule has 0 aliphatic rings. The summed E-state index contributed by atoms with van der Waals surface area (Å²) in [6.07, 6.45) is -4.39. The molecule has 0 saturated heterocycles. The molecule has 0 aliphatic carbocycles. The summed E-state index contributed by atoms with van der Waals surface area (Å²) < 4.78 is 39.2. The van der Waals surface area contributed by atoms with Crippen LogP contribution in [0.15, 0.2) is 22.7 Å². The maximum atomic E-state index is 12.9. The largest absolute Gasteiger partial charge is 0.418 e. The summed E-state index contributed by atoms with van der Waals surface area (Å²) in [7, 11) is 0. The minimum atomic E-state index is -4.39. The third-order valence-corrected chi connectivity index (χ3v) is 4.36. The first-order valence-electron chi connectivity index (χ1n) is 5.81. The van der Waals surface area contributed by atoms with Gasteiger partial charge in [0.1, 0.15) is 5.01 Å². The number of thiazole rings is 1. The topological polar surface area (TPSA) is 24.9 Å². The Bertz CT molecular complexity index is 603. The molecule has 1 aromatic heterocycles. The lowest BCUT2D eigenvalue weighted by molar-refractivity contribution is -0.137. The van der Waals surface area contributed by atoms with Crippen molar-refractivity contribution in [2.75, 3.05) is 5.32 Å². The smallest absolute Gasteiger partial charge is 0.378 e. The van der Waals surface area contributed by atoms with Crippen molar-refractivity contribution in [1.82, 2.24) is 4.98 Å². The predicted octanol–water partition coefficient (Wildman–Crippen LogP) is 5.15. The van der Waals surface area contributed by atoms with Gasteiger partial charge in [0.15, 0.2) is 0 Å². The Morgan fingerprint density at radius 3 is 2.55 bits per heavy atom. The number of anilines is 1. The van der Waals surface area contributed by atoms with Crippen LogP contribution in [-0.2, 0) is 12.7 Å². The van der Waals surface area contributed by atoms with Crippen LogP contribution in [0.2, 0.25) is 0 Å². The van der Waals surface area contributed by atoms with Crippen LogP contribution in [0.3, 0.4) is 0 Å². The quantitative estimate of drug-likeness (QED) is 0.814. The van der Waals surface area contributed by atoms with Crippen LogP contribution < -0.4 is 5.32 Å². The summed E-state index contributed by atoms with van der Waals surface area (Å²) in [5.41, 5.74) is 0.293. The van der Waals surface area contributed by atoms with E-state index in [0.29, 0.717) is 4.47 Å². The van der Waals surface area contributed by atoms with Crippen molar-refractivity contribution < 1.29 is 13.2 Å². The molecule has 0 spiro atoms. The number of aromatic nitrogens is 1. The van der Waals surface area contributed by atoms with E-state index in [1.807, 2.05) is 13.8 Å². The molecule has 20 heavy (non-hydrogen) atoms. The molecule has 2 rings (SSSR count). The fraction of sp³-hybridized carbons (Fsp3) is 0.308. The second-order valence-corrected chi connectivity index (χ2v) is 6.49. The highest BCUT2D eigenvalue weighted by molar-refractivity contribution is 9.10. The number of alkyl halides is 3. The van der Waals surface area contributed by atoms with Gasteiger partial charge in [0, 0.05) is 15.0 Å². The molecule has 7 heteroatoms. The number of hydrogen-bond donors (Lipinski definition) is 1. The Morgan fingerprint density at radius 1 is 1.30 bits per heavy atom. The summed E-state index contributed by atoms with van der Waals surface area (Å²) in [5.74, 6) is 0. The average Bonchev–Trinajstić information content (AvgIpc) is 2.66. The average molecular weight is 365 g/mol. The monoisotopic (exact) mass is 364 g/mol. The Balaban J connectivity index is 2.21. The second kappa shape index (κ2) is 5.73. The highest BCUT2D eigenvalue weighted by Gasteiger charge is 2.33. The van der Waals surface area contributed by atoms with Crippen molar-refractivity contribution in [3.8, 4) is 0 Å². The fourth-order valence-electron chi connectivity index (χ4n) is 1.69. The summed E-state index contributed by atoms with van der Waals surface area (Å²) in [6, 6.07) is 4.07. The van der Waals surface area contributed by atoms with E-state index in [4.69, 9.17) is 0 Å². The molecule has 0 fully saturated rings. The molecular weight excluding hydrogens is 353 g/mol. The van der Waals surface area contributed by atoms with Gasteiger partial charge in [-0.2, -0.15) is 13.2 Å². The molecule has 0 amide bonds. The van der Waals surface area contributed by atoms with Crippen LogP contribution in [0.4, 0.5) is 18.9 Å². The molecule has 1 heterocycles. The summed E-state index contributed by atoms with van der Waals surface area (Å²) in [5, 5.41) is 3.59. The van der Waals surface area contributed by atoms with Gasteiger partial charge in [-0.05, 0) is 32.0 Å². The minimum absolute atomic E-state index is 0.0613. The van der Waals surface area contributed by atoms with Gasteiger partial charge in [0.2, 0.25) is 0 Å². The number of benzene rings is 1. The second-order valence-electron chi connectivity index (χ2n) is 4.29. The van der Waals surface area contributed by atoms with Gasteiger partial charge in [-0.3, -0.25) is 0 Å². The fourth-order valence-corrected chi connectivity index (χ4v) is 2.93. The van der Waals surface area contributed by atoms with Crippen molar-refractivity contribution in [2.45, 2.75) is 26.6 Å². The Kier molecular flexibility index (Phi) is 4.39. The van der Waals surface area contributed by atoms with E-state index in [-0.39, 0.29) is 12.2 Å². The first-order chi connectivity index (χ1) is 9.27. The summed E-state index contributed by atoms with van der Waals surface area (Å²) in [6.45, 7) is 4.11. The van der Waals surface area contributed by atoms with Gasteiger partial charge in [0.05, 0.1) is 17.8 Å². The van der Waals surface area contributed by atoms with Crippen LogP contribution in [0.1, 0.15) is 21.1 Å². The van der Waals surface area contributed by atoms with Crippen LogP contribution in [0.5, 0.6) is 0 Å². The Hall–Kier alpha value is -1.08. The zero-order valence-corrected chi connectivity index (χ0v) is 13.2. The van der Waals surface area contributed by atoms with Crippen molar-refractivity contribution in [3.63, 3.8) is 0 Å². The normalized spacial score (nSPS) is 11.7. The van der Waals surface area contributed by atoms with E-state index in [1.165, 1.54) is 17.4 Å². The van der Waals surface area contributed by atoms with E-state index < -0.39 is 11.7 Å². The van der Waals surface area contributed by atoms with E-state index in [2.05, 4.69) is 26.2 Å². The zero-order valence-electron chi connectivity index (χ0n) is 10.8. The van der Waals surface area contributed by atoms with E-state index in [9.17, 15) is 13.2 Å². The lowest BCUT2D eigenvalue weighted by atomic mass is 10.1. The van der Waals surface area contributed by atoms with Gasteiger partial charge in [-0.1, -0.05) is 15.9 Å². The highest BCUT2D eigenvalue weighted by atomic mass is 79.9. The van der Waals surface area contributed by atoms with Crippen molar-refractivity contribution in [1.29, 1.82) is 0 Å². The minimum Gasteiger partial charge on any atom is -0.378 e. The van der Waals surface area contributed by atoms with Gasteiger partial charge < -0.3 is 5.32 Å². The van der Waals surface area contributed by atoms with Crippen LogP contribution >= 0.6 is 27.3 Å². The van der Waals surface area contributed by atoms with Crippen LogP contribution in [0, 0.1) is 13.8 Å². The molecule has 0 aliphatic heterocycles. The van der Waals surface area contributed by atoms with Crippen molar-refractivity contribution in [3.05, 3.63) is 43.8 Å². The molecule has 1 N–H and O–H groups in total. The standard InChI is InChI=1S/C13H12BrF3N2S/c1-7-8(2)20-12(19-7)6-18-11-4-3-9(14)5-10(11)13(15,16)17/h3-5,18H,6H2,1-2H3. The van der Waals surface area contributed by atoms with Crippen LogP contribution in [-0.4, -0.2) is 4.98 Å². The molecular formula is C13H12BrF3N2S. The summed E-state index contributed by atoms with van der Waals surface area (Å²) in [4.78, 5) is 5.38. The van der Waals surface area contributed by atoms with Gasteiger partial charge in [0.25, 0.3) is 0 Å². The van der Waals surface area contributed by atoms with Crippen LogP contribution in [0.25, 0.3) is 0 Å². The molecule has 0 atom stereocenters. The Labute approximate surface area is 127 Å². The summed E-state index contributed by atoms with van der Waals surface area (Å²) >= 11 is 4.55. The van der Waals surface area contributed by atoms with E-state index in [0.717, 1.165) is 21.6 Å². The first-order valence-corrected chi connectivity index (χ1v) is 7.42. The van der Waals surface area contributed by atoms with E-state index in [1.54, 1.807) is 6.07 Å². The predicted molar refractivity (Wildman–Crippen MR) is 78.1 cm³/mol. The lowest BCUT2D eigenvalue weighted by Gasteiger charge is -2.14. The Morgan fingerprint density at radius 2 is 2.00 bits per heavy atom. The highest BCUT2D eigenvalue weighted by Crippen LogP contribution is 2.36. The van der Waals surface area contributed by atoms with Crippen molar-refractivity contribution in [2.24, 2.45) is 0 Å². The molecule has 0 unspecified atom stereocenters. The third kappa shape index (κ3) is 3.52. The number of aryl methyl sites for hydroxylation is 2. The maximum absolute atomic E-state index is 12.9. The van der Waals surface area contributed by atoms with Gasteiger partial charge in [-0.15, -0.1) is 11.3 Å². The molecule has 2 nitrogen and oxygen atoms in total. The molecule has 2 aromatic rings. The molecule has 0 radical (unpaired) electrons. The zero-order chi connectivity index (χ0) is 14.9. The number of hydrogen-bond acceptors (Lipinski definition) is 3. The number of nitrogens with zero attached hydrogens (tertiary/aromatic N) is 1. The molecule has 0 saturated carbocycles. The molecule has 0 bridgehead atoms. The van der Waals surface area contributed by atoms with Gasteiger partial charge in [-0.25, -0.2) is 4.98 Å². The third-order valence-electron chi connectivity index (χ3n) is 2.79. The van der Waals surface area contributed by atoms with E-state index >= 15 is 0 Å². The maximum Gasteiger partial charge on any atom is 0.418 e. The van der Waals surface area contributed by atoms with Crippen molar-refractivity contribution >= 4 is 33.0 Å². The lowest BCUT2D eigenvalue weighted by Crippen LogP contribution is -2.10. The number of rotatable bonds is 3. The number of nitrogens with one attached hydrogen (secondary N) is 1. The number of halogens is 4. The molecule has 1 aromatic carbocycles. The SMILES string of the molecule is Cc1nc(CNc2ccc(Br)cc2C(F)(F)F)sc1C. The molecule has 108 valence electrons.